The molecule has 1 unspecified atom stereocenters. The van der Waals surface area contributed by atoms with Gasteiger partial charge in [-0.25, -0.2) is 13.6 Å². The van der Waals surface area contributed by atoms with Crippen LogP contribution in [0.3, 0.4) is 0 Å². The summed E-state index contributed by atoms with van der Waals surface area (Å²) < 4.78 is 31.9. The third-order valence-electron chi connectivity index (χ3n) is 4.46. The lowest BCUT2D eigenvalue weighted by Gasteiger charge is -2.18. The molecule has 164 valence electrons. The van der Waals surface area contributed by atoms with Crippen molar-refractivity contribution in [2.75, 3.05) is 11.9 Å². The van der Waals surface area contributed by atoms with E-state index in [4.69, 9.17) is 4.74 Å². The average Bonchev–Trinajstić information content (AvgIpc) is 2.80. The van der Waals surface area contributed by atoms with Gasteiger partial charge in [-0.15, -0.1) is 0 Å². The van der Waals surface area contributed by atoms with Gasteiger partial charge in [0.2, 0.25) is 0 Å². The maximum Gasteiger partial charge on any atom is 0.329 e. The first kappa shape index (κ1) is 22.6. The highest BCUT2D eigenvalue weighted by molar-refractivity contribution is 5.97. The lowest BCUT2D eigenvalue weighted by molar-refractivity contribution is -0.149. The molecule has 0 aliphatic carbocycles. The largest absolute Gasteiger partial charge is 0.454 e. The van der Waals surface area contributed by atoms with E-state index in [0.717, 1.165) is 23.8 Å². The molecule has 0 aliphatic heterocycles. The van der Waals surface area contributed by atoms with Crippen LogP contribution in [0, 0.1) is 11.6 Å². The number of benzene rings is 3. The van der Waals surface area contributed by atoms with Crippen molar-refractivity contribution in [1.82, 2.24) is 5.32 Å². The zero-order chi connectivity index (χ0) is 22.9. The van der Waals surface area contributed by atoms with Crippen molar-refractivity contribution in [2.24, 2.45) is 0 Å². The molecule has 0 saturated carbocycles. The van der Waals surface area contributed by atoms with Gasteiger partial charge in [-0.2, -0.15) is 0 Å². The third-order valence-corrected chi connectivity index (χ3v) is 4.46. The summed E-state index contributed by atoms with van der Waals surface area (Å²) >= 11 is 0. The summed E-state index contributed by atoms with van der Waals surface area (Å²) in [6, 6.07) is 18.8. The second-order valence-electron chi connectivity index (χ2n) is 6.86. The van der Waals surface area contributed by atoms with Crippen LogP contribution in [0.2, 0.25) is 0 Å². The van der Waals surface area contributed by atoms with Gasteiger partial charge < -0.3 is 15.4 Å². The Labute approximate surface area is 183 Å². The van der Waals surface area contributed by atoms with E-state index in [-0.39, 0.29) is 12.1 Å². The Kier molecular flexibility index (Phi) is 7.64. The molecule has 1 atom stereocenters. The quantitative estimate of drug-likeness (QED) is 0.528. The van der Waals surface area contributed by atoms with Crippen molar-refractivity contribution in [3.63, 3.8) is 0 Å². The van der Waals surface area contributed by atoms with Gasteiger partial charge in [0.05, 0.1) is 5.69 Å². The molecule has 2 amide bonds. The molecule has 0 aliphatic rings. The van der Waals surface area contributed by atoms with Gasteiger partial charge in [0.1, 0.15) is 17.7 Å². The predicted octanol–water partition coefficient (Wildman–Crippen LogP) is 3.49. The molecule has 0 saturated heterocycles. The maximum absolute atomic E-state index is 13.7. The lowest BCUT2D eigenvalue weighted by atomic mass is 10.1. The molecule has 3 aromatic rings. The number of esters is 1. The number of carbonyl (C=O) groups is 3. The van der Waals surface area contributed by atoms with E-state index in [1.54, 1.807) is 54.6 Å². The van der Waals surface area contributed by atoms with Crippen LogP contribution in [0.25, 0.3) is 0 Å². The van der Waals surface area contributed by atoms with Crippen molar-refractivity contribution >= 4 is 23.5 Å². The second-order valence-corrected chi connectivity index (χ2v) is 6.86. The highest BCUT2D eigenvalue weighted by Crippen LogP contribution is 2.15. The number of halogens is 2. The molecule has 8 heteroatoms. The minimum atomic E-state index is -1.07. The number of ether oxygens (including phenoxy) is 1. The van der Waals surface area contributed by atoms with Crippen LogP contribution in [-0.2, 0) is 20.7 Å². The van der Waals surface area contributed by atoms with E-state index in [9.17, 15) is 23.2 Å². The first-order chi connectivity index (χ1) is 15.4. The van der Waals surface area contributed by atoms with Gasteiger partial charge >= 0.3 is 5.97 Å². The number of carbonyl (C=O) groups excluding carboxylic acids is 3. The molecule has 0 heterocycles. The number of anilines is 1. The van der Waals surface area contributed by atoms with E-state index in [1.165, 1.54) is 0 Å². The van der Waals surface area contributed by atoms with E-state index in [2.05, 4.69) is 10.6 Å². The highest BCUT2D eigenvalue weighted by Gasteiger charge is 2.24. The van der Waals surface area contributed by atoms with E-state index in [1.807, 2.05) is 6.07 Å². The number of hydrogen-bond acceptors (Lipinski definition) is 4. The van der Waals surface area contributed by atoms with Crippen molar-refractivity contribution in [2.45, 2.75) is 12.5 Å². The van der Waals surface area contributed by atoms with Gasteiger partial charge in [-0.3, -0.25) is 9.59 Å². The van der Waals surface area contributed by atoms with Gasteiger partial charge in [0, 0.05) is 18.1 Å². The molecule has 0 aromatic heterocycles. The van der Waals surface area contributed by atoms with Crippen molar-refractivity contribution in [3.05, 3.63) is 102 Å². The molecule has 2 N–H and O–H groups in total. The summed E-state index contributed by atoms with van der Waals surface area (Å²) in [4.78, 5) is 37.2. The minimum Gasteiger partial charge on any atom is -0.454 e. The number of nitrogens with one attached hydrogen (secondary N) is 2. The normalized spacial score (nSPS) is 11.3. The summed E-state index contributed by atoms with van der Waals surface area (Å²) in [6.07, 6.45) is 0.137. The van der Waals surface area contributed by atoms with Gasteiger partial charge in [-0.1, -0.05) is 48.5 Å². The molecule has 6 nitrogen and oxygen atoms in total. The van der Waals surface area contributed by atoms with Crippen LogP contribution in [0.15, 0.2) is 78.9 Å². The zero-order valence-electron chi connectivity index (χ0n) is 16.9. The van der Waals surface area contributed by atoms with E-state index in [0.29, 0.717) is 5.56 Å². The summed E-state index contributed by atoms with van der Waals surface area (Å²) in [6.45, 7) is -0.735. The molecule has 0 fully saturated rings. The topological polar surface area (TPSA) is 84.5 Å². The summed E-state index contributed by atoms with van der Waals surface area (Å²) in [5.41, 5.74) is 0.760. The zero-order valence-corrected chi connectivity index (χ0v) is 16.9. The van der Waals surface area contributed by atoms with Crippen molar-refractivity contribution in [3.8, 4) is 0 Å². The second kappa shape index (κ2) is 10.8. The molecule has 0 radical (unpaired) electrons. The minimum absolute atomic E-state index is 0.137. The van der Waals surface area contributed by atoms with Crippen LogP contribution < -0.4 is 10.6 Å². The smallest absolute Gasteiger partial charge is 0.329 e. The number of amides is 2. The molecule has 32 heavy (non-hydrogen) atoms. The monoisotopic (exact) mass is 438 g/mol. The third kappa shape index (κ3) is 6.46. The van der Waals surface area contributed by atoms with Crippen molar-refractivity contribution in [1.29, 1.82) is 0 Å². The molecule has 3 aromatic carbocycles. The Morgan fingerprint density at radius 1 is 0.875 bits per heavy atom. The SMILES string of the molecule is O=C(COC(=O)C(Cc1ccccc1)NC(=O)c1ccccc1)Nc1cc(F)ccc1F. The van der Waals surface area contributed by atoms with E-state index < -0.39 is 42.1 Å². The fraction of sp³-hybridized carbons (Fsp3) is 0.125. The fourth-order valence-corrected chi connectivity index (χ4v) is 2.89. The standard InChI is InChI=1S/C24H20F2N2O4/c25-18-11-12-19(26)20(14-18)27-22(29)15-32-24(31)21(13-16-7-3-1-4-8-16)28-23(30)17-9-5-2-6-10-17/h1-12,14,21H,13,15H2,(H,27,29)(H,28,30). The Hall–Kier alpha value is -4.07. The van der Waals surface area contributed by atoms with Gasteiger partial charge in [-0.05, 0) is 29.8 Å². The van der Waals surface area contributed by atoms with E-state index >= 15 is 0 Å². The molecular weight excluding hydrogens is 418 g/mol. The Balaban J connectivity index is 1.65. The van der Waals surface area contributed by atoms with Crippen LogP contribution in [0.1, 0.15) is 15.9 Å². The molecule has 0 spiro atoms. The van der Waals surface area contributed by atoms with Gasteiger partial charge in [0.25, 0.3) is 11.8 Å². The number of rotatable bonds is 8. The summed E-state index contributed by atoms with van der Waals surface area (Å²) in [7, 11) is 0. The Morgan fingerprint density at radius 2 is 1.53 bits per heavy atom. The molecule has 3 rings (SSSR count). The van der Waals surface area contributed by atoms with Crippen LogP contribution in [0.4, 0.5) is 14.5 Å². The average molecular weight is 438 g/mol. The maximum atomic E-state index is 13.7. The Bertz CT molecular complexity index is 1090. The van der Waals surface area contributed by atoms with Crippen molar-refractivity contribution < 1.29 is 27.9 Å². The molecule has 0 bridgehead atoms. The first-order valence-corrected chi connectivity index (χ1v) is 9.74. The summed E-state index contributed by atoms with van der Waals surface area (Å²) in [5.74, 6) is -3.73. The Morgan fingerprint density at radius 3 is 2.22 bits per heavy atom. The van der Waals surface area contributed by atoms with Crippen LogP contribution in [0.5, 0.6) is 0 Å². The first-order valence-electron chi connectivity index (χ1n) is 9.74. The lowest BCUT2D eigenvalue weighted by Crippen LogP contribution is -2.44. The van der Waals surface area contributed by atoms with Gasteiger partial charge in [0.15, 0.2) is 6.61 Å². The fourth-order valence-electron chi connectivity index (χ4n) is 2.89. The number of hydrogen-bond donors (Lipinski definition) is 2. The predicted molar refractivity (Wildman–Crippen MR) is 114 cm³/mol. The van der Waals surface area contributed by atoms with Crippen LogP contribution >= 0.6 is 0 Å². The van der Waals surface area contributed by atoms with Crippen LogP contribution in [-0.4, -0.2) is 30.4 Å². The molecular formula is C24H20F2N2O4. The highest BCUT2D eigenvalue weighted by atomic mass is 19.1. The summed E-state index contributed by atoms with van der Waals surface area (Å²) in [5, 5.41) is 4.76.